The molecule has 0 radical (unpaired) electrons. The minimum atomic E-state index is 0.150. The van der Waals surface area contributed by atoms with E-state index in [1.807, 2.05) is 49.4 Å². The maximum Gasteiger partial charge on any atom is 0.176 e. The summed E-state index contributed by atoms with van der Waals surface area (Å²) in [4.78, 5) is 0. The Hall–Kier alpha value is -2.69. The van der Waals surface area contributed by atoms with Gasteiger partial charge in [-0.2, -0.15) is 5.26 Å². The van der Waals surface area contributed by atoms with Crippen LogP contribution in [0.15, 0.2) is 40.9 Å². The molecule has 24 heavy (non-hydrogen) atoms. The van der Waals surface area contributed by atoms with E-state index in [-0.39, 0.29) is 6.61 Å². The van der Waals surface area contributed by atoms with Crippen LogP contribution in [0.25, 0.3) is 11.6 Å². The Bertz CT molecular complexity index is 840. The van der Waals surface area contributed by atoms with E-state index in [1.54, 1.807) is 7.11 Å². The van der Waals surface area contributed by atoms with Crippen molar-refractivity contribution in [1.82, 2.24) is 0 Å². The van der Waals surface area contributed by atoms with Crippen molar-refractivity contribution in [2.24, 2.45) is 0 Å². The molecule has 120 valence electrons. The normalized spacial score (nSPS) is 10.6. The molecule has 0 aliphatic heterocycles. The number of hydrogen-bond donors (Lipinski definition) is 0. The molecule has 0 aromatic heterocycles. The lowest BCUT2D eigenvalue weighted by Crippen LogP contribution is -1.98. The lowest BCUT2D eigenvalue weighted by atomic mass is 10.0. The molecule has 0 heterocycles. The molecule has 0 saturated carbocycles. The molecule has 0 N–H and O–H groups in total. The van der Waals surface area contributed by atoms with E-state index in [1.165, 1.54) is 0 Å². The van der Waals surface area contributed by atoms with Gasteiger partial charge in [0, 0.05) is 0 Å². The average molecular weight is 382 g/mol. The molecule has 0 aliphatic rings. The Kier molecular flexibility index (Phi) is 6.07. The number of aryl methyl sites for hydroxylation is 1. The molecule has 0 bridgehead atoms. The summed E-state index contributed by atoms with van der Waals surface area (Å²) in [5.74, 6) is 3.51. The molecule has 2 aromatic carbocycles. The van der Waals surface area contributed by atoms with Crippen LogP contribution in [0.1, 0.15) is 16.7 Å². The molecular formula is C20H16BrNO2. The summed E-state index contributed by atoms with van der Waals surface area (Å²) >= 11 is 3.46. The fourth-order valence-corrected chi connectivity index (χ4v) is 2.73. The molecule has 0 unspecified atom stereocenters. The average Bonchev–Trinajstić information content (AvgIpc) is 2.59. The van der Waals surface area contributed by atoms with Crippen LogP contribution in [0.2, 0.25) is 0 Å². The second-order valence-electron chi connectivity index (χ2n) is 5.06. The third-order valence-corrected chi connectivity index (χ3v) is 3.93. The minimum absolute atomic E-state index is 0.150. The predicted molar refractivity (Wildman–Crippen MR) is 99.7 cm³/mol. The van der Waals surface area contributed by atoms with E-state index in [4.69, 9.17) is 15.9 Å². The zero-order valence-corrected chi connectivity index (χ0v) is 15.1. The van der Waals surface area contributed by atoms with E-state index in [9.17, 15) is 5.26 Å². The van der Waals surface area contributed by atoms with Gasteiger partial charge < -0.3 is 9.47 Å². The fourth-order valence-electron chi connectivity index (χ4n) is 2.16. The number of halogens is 1. The van der Waals surface area contributed by atoms with Crippen LogP contribution in [0, 0.1) is 30.6 Å². The summed E-state index contributed by atoms with van der Waals surface area (Å²) < 4.78 is 11.6. The maximum absolute atomic E-state index is 9.47. The second-order valence-corrected chi connectivity index (χ2v) is 5.92. The molecule has 4 heteroatoms. The van der Waals surface area contributed by atoms with Crippen molar-refractivity contribution >= 4 is 27.6 Å². The maximum atomic E-state index is 9.47. The first-order valence-corrected chi connectivity index (χ1v) is 8.01. The Morgan fingerprint density at radius 1 is 1.29 bits per heavy atom. The van der Waals surface area contributed by atoms with Gasteiger partial charge in [0.25, 0.3) is 0 Å². The van der Waals surface area contributed by atoms with Gasteiger partial charge in [-0.3, -0.25) is 0 Å². The third-order valence-electron chi connectivity index (χ3n) is 3.35. The number of nitrogens with zero attached hydrogens (tertiary/aromatic N) is 1. The molecule has 2 rings (SSSR count). The Morgan fingerprint density at radius 2 is 2.00 bits per heavy atom. The minimum Gasteiger partial charge on any atom is -0.493 e. The summed E-state index contributed by atoms with van der Waals surface area (Å²) in [6.45, 7) is 2.16. The monoisotopic (exact) mass is 381 g/mol. The van der Waals surface area contributed by atoms with Crippen molar-refractivity contribution in [3.05, 3.63) is 57.6 Å². The van der Waals surface area contributed by atoms with E-state index >= 15 is 0 Å². The first kappa shape index (κ1) is 17.7. The van der Waals surface area contributed by atoms with Crippen molar-refractivity contribution in [3.8, 4) is 29.9 Å². The predicted octanol–water partition coefficient (Wildman–Crippen LogP) is 4.84. The quantitative estimate of drug-likeness (QED) is 0.422. The number of rotatable bonds is 5. The Balaban J connectivity index is 2.44. The zero-order valence-electron chi connectivity index (χ0n) is 13.5. The van der Waals surface area contributed by atoms with Gasteiger partial charge in [0.2, 0.25) is 0 Å². The van der Waals surface area contributed by atoms with Gasteiger partial charge in [0.15, 0.2) is 11.5 Å². The summed E-state index contributed by atoms with van der Waals surface area (Å²) in [6.07, 6.45) is 7.04. The van der Waals surface area contributed by atoms with E-state index < -0.39 is 0 Å². The Labute approximate surface area is 150 Å². The van der Waals surface area contributed by atoms with Gasteiger partial charge in [-0.05, 0) is 52.2 Å². The standard InChI is InChI=1S/C20H16BrNO2/c1-4-9-24-20-18(21)11-15(12-19(20)23-3)10-17(13-22)16-7-5-14(2)6-8-16/h1,5-8,10-12H,9H2,2-3H3/b17-10+. The topological polar surface area (TPSA) is 42.2 Å². The summed E-state index contributed by atoms with van der Waals surface area (Å²) in [6, 6.07) is 13.7. The lowest BCUT2D eigenvalue weighted by molar-refractivity contribution is 0.329. The highest BCUT2D eigenvalue weighted by molar-refractivity contribution is 9.10. The summed E-state index contributed by atoms with van der Waals surface area (Å²) in [7, 11) is 1.56. The van der Waals surface area contributed by atoms with Crippen LogP contribution >= 0.6 is 15.9 Å². The van der Waals surface area contributed by atoms with Crippen LogP contribution in [-0.2, 0) is 0 Å². The van der Waals surface area contributed by atoms with Gasteiger partial charge in [0.05, 0.1) is 23.2 Å². The molecule has 0 atom stereocenters. The van der Waals surface area contributed by atoms with Crippen molar-refractivity contribution in [1.29, 1.82) is 5.26 Å². The van der Waals surface area contributed by atoms with Crippen LogP contribution < -0.4 is 9.47 Å². The largest absolute Gasteiger partial charge is 0.493 e. The number of hydrogen-bond acceptors (Lipinski definition) is 3. The summed E-state index contributed by atoms with van der Waals surface area (Å²) in [5, 5.41) is 9.47. The Morgan fingerprint density at radius 3 is 2.58 bits per heavy atom. The molecule has 2 aromatic rings. The van der Waals surface area contributed by atoms with Crippen molar-refractivity contribution in [3.63, 3.8) is 0 Å². The molecule has 0 spiro atoms. The summed E-state index contributed by atoms with van der Waals surface area (Å²) in [5.41, 5.74) is 3.41. The molecule has 0 aliphatic carbocycles. The number of ether oxygens (including phenoxy) is 2. The van der Waals surface area contributed by atoms with Gasteiger partial charge in [-0.25, -0.2) is 0 Å². The number of methoxy groups -OCH3 is 1. The number of nitriles is 1. The van der Waals surface area contributed by atoms with E-state index in [0.29, 0.717) is 21.5 Å². The SMILES string of the molecule is C#CCOc1c(Br)cc(/C=C(\C#N)c2ccc(C)cc2)cc1OC. The molecule has 0 saturated heterocycles. The van der Waals surface area contributed by atoms with Gasteiger partial charge in [-0.1, -0.05) is 35.7 Å². The number of terminal acetylenes is 1. The first-order valence-electron chi connectivity index (χ1n) is 7.21. The molecule has 0 amide bonds. The van der Waals surface area contributed by atoms with Crippen LogP contribution in [0.4, 0.5) is 0 Å². The van der Waals surface area contributed by atoms with Gasteiger partial charge >= 0.3 is 0 Å². The van der Waals surface area contributed by atoms with Crippen LogP contribution in [-0.4, -0.2) is 13.7 Å². The lowest BCUT2D eigenvalue weighted by Gasteiger charge is -2.12. The van der Waals surface area contributed by atoms with E-state index in [2.05, 4.69) is 27.9 Å². The molecule has 3 nitrogen and oxygen atoms in total. The highest BCUT2D eigenvalue weighted by atomic mass is 79.9. The van der Waals surface area contributed by atoms with Crippen molar-refractivity contribution in [2.75, 3.05) is 13.7 Å². The van der Waals surface area contributed by atoms with E-state index in [0.717, 1.165) is 16.7 Å². The highest BCUT2D eigenvalue weighted by Crippen LogP contribution is 2.37. The molecule has 0 fully saturated rings. The van der Waals surface area contributed by atoms with Crippen molar-refractivity contribution in [2.45, 2.75) is 6.92 Å². The van der Waals surface area contributed by atoms with Crippen LogP contribution in [0.5, 0.6) is 11.5 Å². The third kappa shape index (κ3) is 4.19. The number of allylic oxidation sites excluding steroid dienone is 1. The highest BCUT2D eigenvalue weighted by Gasteiger charge is 2.11. The van der Waals surface area contributed by atoms with Gasteiger partial charge in [-0.15, -0.1) is 6.42 Å². The smallest absolute Gasteiger partial charge is 0.176 e. The fraction of sp³-hybridized carbons (Fsp3) is 0.150. The zero-order chi connectivity index (χ0) is 17.5. The first-order chi connectivity index (χ1) is 11.6. The van der Waals surface area contributed by atoms with Crippen molar-refractivity contribution < 1.29 is 9.47 Å². The van der Waals surface area contributed by atoms with Crippen LogP contribution in [0.3, 0.4) is 0 Å². The molecular weight excluding hydrogens is 366 g/mol. The number of benzene rings is 2. The second kappa shape index (κ2) is 8.24. The van der Waals surface area contributed by atoms with Gasteiger partial charge in [0.1, 0.15) is 6.61 Å².